The summed E-state index contributed by atoms with van der Waals surface area (Å²) >= 11 is 8.45. The number of nitrogens with one attached hydrogen (secondary N) is 3. The number of hydrogen-bond acceptors (Lipinski definition) is 6. The summed E-state index contributed by atoms with van der Waals surface area (Å²) in [5, 5.41) is 2.43. The van der Waals surface area contributed by atoms with E-state index in [1.807, 2.05) is 25.1 Å². The lowest BCUT2D eigenvalue weighted by atomic mass is 10.0. The van der Waals surface area contributed by atoms with Gasteiger partial charge in [0.05, 0.1) is 12.2 Å². The van der Waals surface area contributed by atoms with E-state index in [4.69, 9.17) is 26.4 Å². The number of carbonyl (C=O) groups is 2. The monoisotopic (exact) mass is 537 g/mol. The zero-order valence-corrected chi connectivity index (χ0v) is 21.4. The van der Waals surface area contributed by atoms with Gasteiger partial charge in [0.1, 0.15) is 18.1 Å². The molecule has 0 aliphatic rings. The highest BCUT2D eigenvalue weighted by Gasteiger charge is 2.16. The van der Waals surface area contributed by atoms with Gasteiger partial charge in [-0.25, -0.2) is 0 Å². The number of amides is 2. The van der Waals surface area contributed by atoms with Crippen molar-refractivity contribution in [2.24, 2.45) is 0 Å². The number of hydrogen-bond donors (Lipinski definition) is 3. The lowest BCUT2D eigenvalue weighted by molar-refractivity contribution is -0.123. The molecule has 0 aliphatic carbocycles. The fourth-order valence-corrected chi connectivity index (χ4v) is 3.30. The molecule has 0 radical (unpaired) electrons. The predicted molar refractivity (Wildman–Crippen MR) is 134 cm³/mol. The van der Waals surface area contributed by atoms with E-state index in [0.29, 0.717) is 22.6 Å². The molecule has 0 unspecified atom stereocenters. The second-order valence-corrected chi connectivity index (χ2v) is 8.75. The lowest BCUT2D eigenvalue weighted by Gasteiger charge is -2.16. The Kier molecular flexibility index (Phi) is 10.6. The van der Waals surface area contributed by atoms with Gasteiger partial charge >= 0.3 is 0 Å². The minimum atomic E-state index is -0.493. The Morgan fingerprint density at radius 1 is 1.03 bits per heavy atom. The van der Waals surface area contributed by atoms with E-state index >= 15 is 0 Å². The maximum atomic E-state index is 12.6. The van der Waals surface area contributed by atoms with Crippen molar-refractivity contribution in [3.8, 4) is 11.5 Å². The largest absolute Gasteiger partial charge is 0.490 e. The minimum Gasteiger partial charge on any atom is -0.490 e. The molecule has 2 aromatic carbocycles. The van der Waals surface area contributed by atoms with Crippen molar-refractivity contribution >= 4 is 45.1 Å². The Labute approximate surface area is 207 Å². The Bertz CT molecular complexity index is 1000. The Balaban J connectivity index is 1.88. The Hall–Kier alpha value is -2.69. The SMILES string of the molecule is COCCOc1ccc(Br)cc1C(=O)NC(=S)NNC(=O)COc1cc(C)ccc1C(C)C. The van der Waals surface area contributed by atoms with Crippen molar-refractivity contribution in [2.45, 2.75) is 26.7 Å². The molecule has 0 fully saturated rings. The second-order valence-electron chi connectivity index (χ2n) is 7.42. The zero-order valence-electron chi connectivity index (χ0n) is 19.0. The maximum absolute atomic E-state index is 12.6. The van der Waals surface area contributed by atoms with Crippen molar-refractivity contribution in [3.05, 3.63) is 57.6 Å². The zero-order chi connectivity index (χ0) is 24.4. The first-order chi connectivity index (χ1) is 15.7. The lowest BCUT2D eigenvalue weighted by Crippen LogP contribution is -2.49. The topological polar surface area (TPSA) is 97.9 Å². The van der Waals surface area contributed by atoms with Crippen molar-refractivity contribution < 1.29 is 23.8 Å². The molecule has 2 aromatic rings. The first-order valence-electron chi connectivity index (χ1n) is 10.3. The molecule has 3 N–H and O–H groups in total. The summed E-state index contributed by atoms with van der Waals surface area (Å²) in [5.41, 5.74) is 7.25. The van der Waals surface area contributed by atoms with Crippen molar-refractivity contribution in [1.29, 1.82) is 0 Å². The number of thiocarbonyl (C=S) groups is 1. The first kappa shape index (κ1) is 26.6. The molecular formula is C23H28BrN3O5S. The van der Waals surface area contributed by atoms with Crippen LogP contribution >= 0.6 is 28.1 Å². The quantitative estimate of drug-likeness (QED) is 0.255. The fraction of sp³-hybridized carbons (Fsp3) is 0.348. The van der Waals surface area contributed by atoms with Crippen molar-refractivity contribution in [3.63, 3.8) is 0 Å². The molecule has 33 heavy (non-hydrogen) atoms. The number of ether oxygens (including phenoxy) is 3. The highest BCUT2D eigenvalue weighted by molar-refractivity contribution is 9.10. The van der Waals surface area contributed by atoms with Gasteiger partial charge in [-0.05, 0) is 60.5 Å². The van der Waals surface area contributed by atoms with Crippen LogP contribution in [0.15, 0.2) is 40.9 Å². The smallest absolute Gasteiger partial charge is 0.276 e. The third-order valence-electron chi connectivity index (χ3n) is 4.42. The number of rotatable bonds is 9. The highest BCUT2D eigenvalue weighted by atomic mass is 79.9. The standard InChI is InChI=1S/C23H28BrN3O5S/c1-14(2)17-7-5-15(3)11-20(17)32-13-21(28)26-27-23(33)25-22(29)18-12-16(24)6-8-19(18)31-10-9-30-4/h5-8,11-12,14H,9-10,13H2,1-4H3,(H,26,28)(H2,25,27,29,33). The highest BCUT2D eigenvalue weighted by Crippen LogP contribution is 2.27. The van der Waals surface area contributed by atoms with Gasteiger partial charge in [-0.2, -0.15) is 0 Å². The Morgan fingerprint density at radius 2 is 1.79 bits per heavy atom. The third kappa shape index (κ3) is 8.64. The van der Waals surface area contributed by atoms with Crippen LogP contribution in [0.1, 0.15) is 41.3 Å². The van der Waals surface area contributed by atoms with Crippen LogP contribution in [0.5, 0.6) is 11.5 Å². The number of halogens is 1. The average Bonchev–Trinajstić information content (AvgIpc) is 2.77. The van der Waals surface area contributed by atoms with Gasteiger partial charge in [0, 0.05) is 11.6 Å². The molecule has 0 saturated heterocycles. The van der Waals surface area contributed by atoms with Crippen LogP contribution in [-0.4, -0.2) is 43.9 Å². The number of methoxy groups -OCH3 is 1. The van der Waals surface area contributed by atoms with Gasteiger partial charge in [0.25, 0.3) is 11.8 Å². The van der Waals surface area contributed by atoms with E-state index in [2.05, 4.69) is 45.9 Å². The summed E-state index contributed by atoms with van der Waals surface area (Å²) in [7, 11) is 1.56. The third-order valence-corrected chi connectivity index (χ3v) is 5.12. The molecule has 10 heteroatoms. The molecule has 0 atom stereocenters. The number of benzene rings is 2. The van der Waals surface area contributed by atoms with E-state index in [1.165, 1.54) is 0 Å². The molecule has 0 aliphatic heterocycles. The molecule has 178 valence electrons. The van der Waals surface area contributed by atoms with Crippen molar-refractivity contribution in [2.75, 3.05) is 26.9 Å². The van der Waals surface area contributed by atoms with E-state index in [9.17, 15) is 9.59 Å². The summed E-state index contributed by atoms with van der Waals surface area (Å²) in [6.45, 7) is 6.52. The molecule has 8 nitrogen and oxygen atoms in total. The summed E-state index contributed by atoms with van der Waals surface area (Å²) < 4.78 is 16.9. The van der Waals surface area contributed by atoms with Gasteiger partial charge < -0.3 is 14.2 Å². The van der Waals surface area contributed by atoms with Crippen LogP contribution < -0.4 is 25.6 Å². The summed E-state index contributed by atoms with van der Waals surface area (Å²) in [5.74, 6) is 0.353. The van der Waals surface area contributed by atoms with Gasteiger partial charge in [-0.1, -0.05) is 41.9 Å². The van der Waals surface area contributed by atoms with Crippen LogP contribution in [0.2, 0.25) is 0 Å². The molecule has 0 spiro atoms. The first-order valence-corrected chi connectivity index (χ1v) is 11.5. The molecule has 0 saturated carbocycles. The van der Waals surface area contributed by atoms with E-state index in [0.717, 1.165) is 11.1 Å². The Morgan fingerprint density at radius 3 is 2.48 bits per heavy atom. The molecule has 2 amide bonds. The van der Waals surface area contributed by atoms with Gasteiger partial charge in [-0.3, -0.25) is 25.8 Å². The van der Waals surface area contributed by atoms with E-state index in [1.54, 1.807) is 25.3 Å². The van der Waals surface area contributed by atoms with Crippen LogP contribution in [0.4, 0.5) is 0 Å². The van der Waals surface area contributed by atoms with Crippen LogP contribution in [0.3, 0.4) is 0 Å². The molecular weight excluding hydrogens is 510 g/mol. The molecule has 0 bridgehead atoms. The maximum Gasteiger partial charge on any atom is 0.276 e. The summed E-state index contributed by atoms with van der Waals surface area (Å²) in [4.78, 5) is 24.8. The van der Waals surface area contributed by atoms with Gasteiger partial charge in [0.2, 0.25) is 0 Å². The van der Waals surface area contributed by atoms with Crippen molar-refractivity contribution in [1.82, 2.24) is 16.2 Å². The molecule has 0 heterocycles. The second kappa shape index (κ2) is 13.1. The summed E-state index contributed by atoms with van der Waals surface area (Å²) in [6, 6.07) is 10.9. The van der Waals surface area contributed by atoms with Crippen LogP contribution in [0, 0.1) is 6.92 Å². The predicted octanol–water partition coefficient (Wildman–Crippen LogP) is 3.62. The van der Waals surface area contributed by atoms with Crippen LogP contribution in [0.25, 0.3) is 0 Å². The summed E-state index contributed by atoms with van der Waals surface area (Å²) in [6.07, 6.45) is 0. The molecule has 0 aromatic heterocycles. The average molecular weight is 538 g/mol. The van der Waals surface area contributed by atoms with E-state index < -0.39 is 11.8 Å². The number of carbonyl (C=O) groups excluding carboxylic acids is 2. The van der Waals surface area contributed by atoms with Gasteiger partial charge in [-0.15, -0.1) is 0 Å². The molecule has 2 rings (SSSR count). The van der Waals surface area contributed by atoms with Gasteiger partial charge in [0.15, 0.2) is 11.7 Å². The minimum absolute atomic E-state index is 0.0745. The van der Waals surface area contributed by atoms with Crippen LogP contribution in [-0.2, 0) is 9.53 Å². The fourth-order valence-electron chi connectivity index (χ4n) is 2.79. The van der Waals surface area contributed by atoms with E-state index in [-0.39, 0.29) is 29.8 Å². The normalized spacial score (nSPS) is 10.5. The number of hydrazine groups is 1. The number of aryl methyl sites for hydroxylation is 1.